The van der Waals surface area contributed by atoms with Crippen LogP contribution in [-0.4, -0.2) is 33.0 Å². The molecule has 0 fully saturated rings. The van der Waals surface area contributed by atoms with Crippen LogP contribution < -0.4 is 4.74 Å². The van der Waals surface area contributed by atoms with Crippen molar-refractivity contribution in [3.05, 3.63) is 29.8 Å². The van der Waals surface area contributed by atoms with E-state index in [1.165, 1.54) is 5.56 Å². The molecule has 0 saturated carbocycles. The van der Waals surface area contributed by atoms with Crippen molar-refractivity contribution >= 4 is 0 Å². The van der Waals surface area contributed by atoms with E-state index in [1.807, 2.05) is 12.1 Å². The van der Waals surface area contributed by atoms with Crippen molar-refractivity contribution in [1.29, 1.82) is 0 Å². The Bertz CT molecular complexity index is 295. The van der Waals surface area contributed by atoms with Gasteiger partial charge < -0.3 is 14.2 Å². The Morgan fingerprint density at radius 2 is 1.50 bits per heavy atom. The highest BCUT2D eigenvalue weighted by atomic mass is 16.5. The molecule has 0 heterocycles. The molecule has 0 amide bonds. The highest BCUT2D eigenvalue weighted by Gasteiger charge is 1.94. The molecule has 0 aliphatic carbocycles. The van der Waals surface area contributed by atoms with Gasteiger partial charge in [0, 0.05) is 19.6 Å². The van der Waals surface area contributed by atoms with Crippen molar-refractivity contribution in [3.63, 3.8) is 0 Å². The minimum Gasteiger partial charge on any atom is -0.494 e. The van der Waals surface area contributed by atoms with E-state index in [-0.39, 0.29) is 0 Å². The number of hydrogen-bond acceptors (Lipinski definition) is 3. The summed E-state index contributed by atoms with van der Waals surface area (Å²) in [5.41, 5.74) is 1.25. The largest absolute Gasteiger partial charge is 0.494 e. The van der Waals surface area contributed by atoms with Gasteiger partial charge in [0.25, 0.3) is 0 Å². The zero-order valence-electron chi connectivity index (χ0n) is 11.5. The van der Waals surface area contributed by atoms with Gasteiger partial charge in [-0.15, -0.1) is 0 Å². The highest BCUT2D eigenvalue weighted by Crippen LogP contribution is 2.11. The van der Waals surface area contributed by atoms with Gasteiger partial charge in [-0.05, 0) is 25.5 Å². The van der Waals surface area contributed by atoms with Crippen molar-refractivity contribution in [3.8, 4) is 5.75 Å². The zero-order chi connectivity index (χ0) is 13.1. The summed E-state index contributed by atoms with van der Waals surface area (Å²) in [6.07, 6.45) is 1.96. The fraction of sp³-hybridized carbons (Fsp3) is 0.600. The van der Waals surface area contributed by atoms with E-state index in [9.17, 15) is 0 Å². The van der Waals surface area contributed by atoms with Gasteiger partial charge in [-0.1, -0.05) is 24.6 Å². The van der Waals surface area contributed by atoms with E-state index in [0.717, 1.165) is 31.8 Å². The van der Waals surface area contributed by atoms with E-state index in [4.69, 9.17) is 14.2 Å². The first-order valence-corrected chi connectivity index (χ1v) is 6.68. The smallest absolute Gasteiger partial charge is 0.119 e. The molecule has 0 aliphatic heterocycles. The Morgan fingerprint density at radius 1 is 0.833 bits per heavy atom. The lowest BCUT2D eigenvalue weighted by molar-refractivity contribution is 0.0438. The third kappa shape index (κ3) is 7.30. The molecular weight excluding hydrogens is 228 g/mol. The predicted molar refractivity (Wildman–Crippen MR) is 73.2 cm³/mol. The molecule has 0 bridgehead atoms. The minimum absolute atomic E-state index is 0.671. The highest BCUT2D eigenvalue weighted by molar-refractivity contribution is 5.26. The molecule has 3 heteroatoms. The predicted octanol–water partition coefficient (Wildman–Crippen LogP) is 3.21. The fourth-order valence-electron chi connectivity index (χ4n) is 1.45. The van der Waals surface area contributed by atoms with Gasteiger partial charge in [-0.25, -0.2) is 0 Å². The Labute approximate surface area is 110 Å². The SMILES string of the molecule is CCCOCCOCCCOc1ccc(C)cc1. The molecule has 0 aliphatic rings. The molecule has 1 aromatic rings. The first kappa shape index (κ1) is 15.0. The van der Waals surface area contributed by atoms with Crippen LogP contribution in [0.2, 0.25) is 0 Å². The van der Waals surface area contributed by atoms with Crippen molar-refractivity contribution < 1.29 is 14.2 Å². The van der Waals surface area contributed by atoms with Crippen LogP contribution in [-0.2, 0) is 9.47 Å². The van der Waals surface area contributed by atoms with E-state index in [0.29, 0.717) is 19.8 Å². The van der Waals surface area contributed by atoms with E-state index in [2.05, 4.69) is 26.0 Å². The first-order valence-electron chi connectivity index (χ1n) is 6.68. The molecule has 1 rings (SSSR count). The number of rotatable bonds is 10. The minimum atomic E-state index is 0.671. The van der Waals surface area contributed by atoms with Crippen LogP contribution in [0, 0.1) is 6.92 Å². The van der Waals surface area contributed by atoms with E-state index >= 15 is 0 Å². The van der Waals surface area contributed by atoms with Gasteiger partial charge in [0.1, 0.15) is 5.75 Å². The summed E-state index contributed by atoms with van der Waals surface area (Å²) < 4.78 is 16.3. The normalized spacial score (nSPS) is 10.6. The fourth-order valence-corrected chi connectivity index (χ4v) is 1.45. The summed E-state index contributed by atoms with van der Waals surface area (Å²) in [5, 5.41) is 0. The van der Waals surface area contributed by atoms with Gasteiger partial charge in [0.15, 0.2) is 0 Å². The molecule has 0 radical (unpaired) electrons. The number of aryl methyl sites for hydroxylation is 1. The van der Waals surface area contributed by atoms with Gasteiger partial charge in [-0.3, -0.25) is 0 Å². The van der Waals surface area contributed by atoms with Crippen LogP contribution >= 0.6 is 0 Å². The number of ether oxygens (including phenoxy) is 3. The molecule has 0 saturated heterocycles. The average molecular weight is 252 g/mol. The Hall–Kier alpha value is -1.06. The first-order chi connectivity index (χ1) is 8.83. The van der Waals surface area contributed by atoms with Crippen molar-refractivity contribution in [1.82, 2.24) is 0 Å². The molecule has 0 spiro atoms. The monoisotopic (exact) mass is 252 g/mol. The molecule has 102 valence electrons. The quantitative estimate of drug-likeness (QED) is 0.598. The molecule has 0 aromatic heterocycles. The van der Waals surface area contributed by atoms with Crippen LogP contribution in [0.15, 0.2) is 24.3 Å². The third-order valence-corrected chi connectivity index (χ3v) is 2.44. The van der Waals surface area contributed by atoms with Crippen LogP contribution in [0.25, 0.3) is 0 Å². The van der Waals surface area contributed by atoms with E-state index < -0.39 is 0 Å². The lowest BCUT2D eigenvalue weighted by Crippen LogP contribution is -2.08. The van der Waals surface area contributed by atoms with Crippen LogP contribution in [0.3, 0.4) is 0 Å². The maximum Gasteiger partial charge on any atom is 0.119 e. The summed E-state index contributed by atoms with van der Waals surface area (Å²) in [6.45, 7) is 7.76. The Morgan fingerprint density at radius 3 is 2.17 bits per heavy atom. The van der Waals surface area contributed by atoms with Gasteiger partial charge in [0.05, 0.1) is 19.8 Å². The summed E-state index contributed by atoms with van der Waals surface area (Å²) >= 11 is 0. The zero-order valence-corrected chi connectivity index (χ0v) is 11.5. The summed E-state index contributed by atoms with van der Waals surface area (Å²) in [5.74, 6) is 0.923. The molecular formula is C15H24O3. The molecule has 1 aromatic carbocycles. The molecule has 3 nitrogen and oxygen atoms in total. The maximum absolute atomic E-state index is 5.59. The second kappa shape index (κ2) is 9.92. The Kier molecular flexibility index (Phi) is 8.26. The average Bonchev–Trinajstić information content (AvgIpc) is 2.39. The lowest BCUT2D eigenvalue weighted by Gasteiger charge is -2.07. The maximum atomic E-state index is 5.59. The van der Waals surface area contributed by atoms with Gasteiger partial charge >= 0.3 is 0 Å². The topological polar surface area (TPSA) is 27.7 Å². The standard InChI is InChI=1S/C15H24O3/c1-3-9-16-12-13-17-10-4-11-18-15-7-5-14(2)6-8-15/h5-8H,3-4,9-13H2,1-2H3. The van der Waals surface area contributed by atoms with Gasteiger partial charge in [-0.2, -0.15) is 0 Å². The van der Waals surface area contributed by atoms with Crippen LogP contribution in [0.1, 0.15) is 25.3 Å². The summed E-state index contributed by atoms with van der Waals surface area (Å²) in [7, 11) is 0. The van der Waals surface area contributed by atoms with Crippen LogP contribution in [0.5, 0.6) is 5.75 Å². The number of benzene rings is 1. The Balaban J connectivity index is 1.91. The number of hydrogen-bond donors (Lipinski definition) is 0. The summed E-state index contributed by atoms with van der Waals surface area (Å²) in [6, 6.07) is 8.09. The lowest BCUT2D eigenvalue weighted by atomic mass is 10.2. The molecule has 0 unspecified atom stereocenters. The summed E-state index contributed by atoms with van der Waals surface area (Å²) in [4.78, 5) is 0. The van der Waals surface area contributed by atoms with E-state index in [1.54, 1.807) is 0 Å². The molecule has 0 atom stereocenters. The van der Waals surface area contributed by atoms with Crippen LogP contribution in [0.4, 0.5) is 0 Å². The second-order valence-corrected chi connectivity index (χ2v) is 4.24. The second-order valence-electron chi connectivity index (χ2n) is 4.24. The van der Waals surface area contributed by atoms with Crippen molar-refractivity contribution in [2.45, 2.75) is 26.7 Å². The molecule has 0 N–H and O–H groups in total. The molecule has 18 heavy (non-hydrogen) atoms. The van der Waals surface area contributed by atoms with Gasteiger partial charge in [0.2, 0.25) is 0 Å². The van der Waals surface area contributed by atoms with Crippen molar-refractivity contribution in [2.24, 2.45) is 0 Å². The third-order valence-electron chi connectivity index (χ3n) is 2.44. The van der Waals surface area contributed by atoms with Crippen molar-refractivity contribution in [2.75, 3.05) is 33.0 Å².